The topological polar surface area (TPSA) is 45.2 Å². The lowest BCUT2D eigenvalue weighted by Gasteiger charge is -2.22. The summed E-state index contributed by atoms with van der Waals surface area (Å²) in [5, 5.41) is 3.22. The summed E-state index contributed by atoms with van der Waals surface area (Å²) >= 11 is 0. The van der Waals surface area contributed by atoms with Gasteiger partial charge in [0.25, 0.3) is 5.91 Å². The minimum absolute atomic E-state index is 0.0912. The first-order valence-corrected chi connectivity index (χ1v) is 6.73. The van der Waals surface area contributed by atoms with Gasteiger partial charge >= 0.3 is 0 Å². The molecule has 98 valence electrons. The van der Waals surface area contributed by atoms with Gasteiger partial charge in [-0.25, -0.2) is 0 Å². The molecule has 1 amide bonds. The number of hydrogen-bond donors (Lipinski definition) is 1. The third kappa shape index (κ3) is 3.00. The lowest BCUT2D eigenvalue weighted by atomic mass is 10.2. The third-order valence-corrected chi connectivity index (χ3v) is 3.26. The highest BCUT2D eigenvalue weighted by Gasteiger charge is 2.27. The Balaban J connectivity index is 2.14. The molecule has 1 aromatic heterocycles. The van der Waals surface area contributed by atoms with Gasteiger partial charge in [0, 0.05) is 32.0 Å². The summed E-state index contributed by atoms with van der Waals surface area (Å²) < 4.78 is 0. The fourth-order valence-electron chi connectivity index (χ4n) is 2.05. The predicted octanol–water partition coefficient (Wildman–Crippen LogP) is 2.39. The summed E-state index contributed by atoms with van der Waals surface area (Å²) in [6.07, 6.45) is 5.90. The fraction of sp³-hybridized carbons (Fsp3) is 0.571. The lowest BCUT2D eigenvalue weighted by Crippen LogP contribution is -2.33. The Kier molecular flexibility index (Phi) is 4.18. The molecule has 1 aromatic rings. The van der Waals surface area contributed by atoms with Crippen LogP contribution in [0.5, 0.6) is 0 Å². The van der Waals surface area contributed by atoms with Crippen LogP contribution < -0.4 is 5.32 Å². The van der Waals surface area contributed by atoms with Crippen LogP contribution >= 0.6 is 0 Å². The van der Waals surface area contributed by atoms with Gasteiger partial charge in [-0.2, -0.15) is 0 Å². The molecule has 0 spiro atoms. The van der Waals surface area contributed by atoms with Gasteiger partial charge in [-0.3, -0.25) is 9.78 Å². The number of carbonyl (C=O) groups is 1. The van der Waals surface area contributed by atoms with E-state index in [-0.39, 0.29) is 5.91 Å². The molecule has 18 heavy (non-hydrogen) atoms. The second kappa shape index (κ2) is 5.85. The van der Waals surface area contributed by atoms with Crippen LogP contribution in [0.2, 0.25) is 0 Å². The summed E-state index contributed by atoms with van der Waals surface area (Å²) in [7, 11) is 0. The van der Waals surface area contributed by atoms with Crippen molar-refractivity contribution < 1.29 is 4.79 Å². The van der Waals surface area contributed by atoms with Gasteiger partial charge in [0.1, 0.15) is 0 Å². The van der Waals surface area contributed by atoms with Gasteiger partial charge in [-0.15, -0.1) is 0 Å². The minimum atomic E-state index is 0.0912. The minimum Gasteiger partial charge on any atom is -0.385 e. The molecule has 1 aliphatic carbocycles. The summed E-state index contributed by atoms with van der Waals surface area (Å²) in [6.45, 7) is 6.50. The first-order valence-electron chi connectivity index (χ1n) is 6.73. The van der Waals surface area contributed by atoms with Crippen molar-refractivity contribution in [3.8, 4) is 0 Å². The van der Waals surface area contributed by atoms with Gasteiger partial charge < -0.3 is 10.2 Å². The molecule has 0 unspecified atom stereocenters. The molecule has 4 nitrogen and oxygen atoms in total. The second-order valence-corrected chi connectivity index (χ2v) is 4.74. The van der Waals surface area contributed by atoms with Crippen molar-refractivity contribution in [1.82, 2.24) is 9.88 Å². The third-order valence-electron chi connectivity index (χ3n) is 3.26. The maximum absolute atomic E-state index is 12.5. The zero-order chi connectivity index (χ0) is 13.0. The van der Waals surface area contributed by atoms with Gasteiger partial charge in [0.15, 0.2) is 0 Å². The van der Waals surface area contributed by atoms with Crippen LogP contribution in [0.1, 0.15) is 37.0 Å². The SMILES string of the molecule is CCNc1ccncc1C(=O)N(CC)CC1CC1. The van der Waals surface area contributed by atoms with Crippen molar-refractivity contribution in [3.63, 3.8) is 0 Å². The van der Waals surface area contributed by atoms with Crippen molar-refractivity contribution >= 4 is 11.6 Å². The van der Waals surface area contributed by atoms with Gasteiger partial charge in [-0.05, 0) is 38.7 Å². The highest BCUT2D eigenvalue weighted by Crippen LogP contribution is 2.30. The molecule has 2 rings (SSSR count). The zero-order valence-corrected chi connectivity index (χ0v) is 11.1. The monoisotopic (exact) mass is 247 g/mol. The normalized spacial score (nSPS) is 14.3. The van der Waals surface area contributed by atoms with E-state index in [4.69, 9.17) is 0 Å². The number of hydrogen-bond acceptors (Lipinski definition) is 3. The highest BCUT2D eigenvalue weighted by atomic mass is 16.2. The lowest BCUT2D eigenvalue weighted by molar-refractivity contribution is 0.0757. The molecule has 0 bridgehead atoms. The molecule has 1 saturated carbocycles. The van der Waals surface area contributed by atoms with Crippen LogP contribution in [0.15, 0.2) is 18.5 Å². The molecular weight excluding hydrogens is 226 g/mol. The summed E-state index contributed by atoms with van der Waals surface area (Å²) in [5.74, 6) is 0.807. The standard InChI is InChI=1S/C14H21N3O/c1-3-16-13-7-8-15-9-12(13)14(18)17(4-2)10-11-5-6-11/h7-9,11H,3-6,10H2,1-2H3,(H,15,16). The largest absolute Gasteiger partial charge is 0.385 e. The molecule has 0 aromatic carbocycles. The zero-order valence-electron chi connectivity index (χ0n) is 11.1. The summed E-state index contributed by atoms with van der Waals surface area (Å²) in [5.41, 5.74) is 1.56. The highest BCUT2D eigenvalue weighted by molar-refractivity contribution is 5.99. The van der Waals surface area contributed by atoms with Crippen LogP contribution in [0.25, 0.3) is 0 Å². The van der Waals surface area contributed by atoms with Crippen LogP contribution in [0.3, 0.4) is 0 Å². The van der Waals surface area contributed by atoms with Crippen molar-refractivity contribution in [2.45, 2.75) is 26.7 Å². The molecular formula is C14H21N3O. The Labute approximate surface area is 108 Å². The van der Waals surface area contributed by atoms with E-state index in [0.29, 0.717) is 11.5 Å². The molecule has 1 heterocycles. The fourth-order valence-corrected chi connectivity index (χ4v) is 2.05. The molecule has 4 heteroatoms. The van der Waals surface area contributed by atoms with E-state index in [0.717, 1.165) is 25.3 Å². The molecule has 0 aliphatic heterocycles. The molecule has 0 saturated heterocycles. The first-order chi connectivity index (χ1) is 8.76. The van der Waals surface area contributed by atoms with Crippen LogP contribution in [0, 0.1) is 5.92 Å². The quantitative estimate of drug-likeness (QED) is 0.839. The number of carbonyl (C=O) groups excluding carboxylic acids is 1. The maximum atomic E-state index is 12.5. The van der Waals surface area contributed by atoms with E-state index in [1.807, 2.05) is 24.8 Å². The molecule has 0 atom stereocenters. The maximum Gasteiger partial charge on any atom is 0.257 e. The molecule has 1 N–H and O–H groups in total. The van der Waals surface area contributed by atoms with E-state index in [1.54, 1.807) is 12.4 Å². The Hall–Kier alpha value is -1.58. The van der Waals surface area contributed by atoms with E-state index in [1.165, 1.54) is 12.8 Å². The number of nitrogens with zero attached hydrogens (tertiary/aromatic N) is 2. The van der Waals surface area contributed by atoms with Gasteiger partial charge in [-0.1, -0.05) is 0 Å². The molecule has 0 radical (unpaired) electrons. The predicted molar refractivity (Wildman–Crippen MR) is 72.7 cm³/mol. The number of aromatic nitrogens is 1. The van der Waals surface area contributed by atoms with Gasteiger partial charge in [0.2, 0.25) is 0 Å². The van der Waals surface area contributed by atoms with Crippen LogP contribution in [-0.2, 0) is 0 Å². The molecule has 1 aliphatic rings. The Bertz CT molecular complexity index is 415. The smallest absolute Gasteiger partial charge is 0.257 e. The van der Waals surface area contributed by atoms with E-state index in [2.05, 4.69) is 10.3 Å². The van der Waals surface area contributed by atoms with Gasteiger partial charge in [0.05, 0.1) is 11.3 Å². The number of nitrogens with one attached hydrogen (secondary N) is 1. The number of amides is 1. The average molecular weight is 247 g/mol. The van der Waals surface area contributed by atoms with E-state index in [9.17, 15) is 4.79 Å². The van der Waals surface area contributed by atoms with Crippen molar-refractivity contribution in [2.24, 2.45) is 5.92 Å². The van der Waals surface area contributed by atoms with Crippen LogP contribution in [0.4, 0.5) is 5.69 Å². The molecule has 1 fully saturated rings. The summed E-state index contributed by atoms with van der Waals surface area (Å²) in [6, 6.07) is 1.86. The Morgan fingerprint density at radius 3 is 2.89 bits per heavy atom. The number of rotatable bonds is 6. The number of anilines is 1. The van der Waals surface area contributed by atoms with E-state index >= 15 is 0 Å². The van der Waals surface area contributed by atoms with Crippen molar-refractivity contribution in [3.05, 3.63) is 24.0 Å². The van der Waals surface area contributed by atoms with E-state index < -0.39 is 0 Å². The Morgan fingerprint density at radius 1 is 1.50 bits per heavy atom. The number of pyridine rings is 1. The van der Waals surface area contributed by atoms with Crippen molar-refractivity contribution in [1.29, 1.82) is 0 Å². The first kappa shape index (κ1) is 12.9. The average Bonchev–Trinajstić information content (AvgIpc) is 3.20. The second-order valence-electron chi connectivity index (χ2n) is 4.74. The summed E-state index contributed by atoms with van der Waals surface area (Å²) in [4.78, 5) is 18.5. The van der Waals surface area contributed by atoms with Crippen molar-refractivity contribution in [2.75, 3.05) is 25.0 Å². The Morgan fingerprint density at radius 2 is 2.28 bits per heavy atom. The van der Waals surface area contributed by atoms with Crippen LogP contribution in [-0.4, -0.2) is 35.4 Å².